The van der Waals surface area contributed by atoms with Gasteiger partial charge in [0, 0.05) is 25.8 Å². The number of halogens is 1. The lowest BCUT2D eigenvalue weighted by molar-refractivity contribution is -0.232. The fraction of sp³-hybridized carbons (Fsp3) is 0.500. The Hall–Kier alpha value is -2.20. The third-order valence-electron chi connectivity index (χ3n) is 3.38. The smallest absolute Gasteiger partial charge is 0.305 e. The fourth-order valence-electron chi connectivity index (χ4n) is 2.18. The van der Waals surface area contributed by atoms with E-state index in [1.807, 2.05) is 0 Å². The van der Waals surface area contributed by atoms with Crippen LogP contribution in [-0.4, -0.2) is 53.2 Å². The minimum absolute atomic E-state index is 0.111. The molecule has 1 aromatic carbocycles. The van der Waals surface area contributed by atoms with Crippen LogP contribution in [0.4, 0.5) is 0 Å². The number of benzene rings is 1. The molecular weight excluding hydrogens is 396 g/mol. The fourth-order valence-corrected chi connectivity index (χ4v) is 2.36. The molecule has 2 N–H and O–H groups in total. The van der Waals surface area contributed by atoms with Gasteiger partial charge in [0.1, 0.15) is 12.7 Å². The average Bonchev–Trinajstić information content (AvgIpc) is 2.61. The third kappa shape index (κ3) is 8.22. The number of carbonyl (C=O) groups is 3. The van der Waals surface area contributed by atoms with Gasteiger partial charge in [-0.25, -0.2) is 0 Å². The molecule has 0 fully saturated rings. The molecule has 0 heterocycles. The zero-order valence-corrected chi connectivity index (χ0v) is 16.5. The van der Waals surface area contributed by atoms with E-state index in [0.29, 0.717) is 16.1 Å². The van der Waals surface area contributed by atoms with E-state index in [4.69, 9.17) is 30.5 Å². The number of aliphatic hydroxyl groups is 2. The van der Waals surface area contributed by atoms with Crippen LogP contribution >= 0.6 is 11.6 Å². The summed E-state index contributed by atoms with van der Waals surface area (Å²) in [5, 5.41) is 19.9. The van der Waals surface area contributed by atoms with E-state index in [9.17, 15) is 24.6 Å². The molecule has 28 heavy (non-hydrogen) atoms. The van der Waals surface area contributed by atoms with Crippen LogP contribution in [0.1, 0.15) is 31.9 Å². The number of hydrogen-bond donors (Lipinski definition) is 2. The Morgan fingerprint density at radius 2 is 1.71 bits per heavy atom. The van der Waals surface area contributed by atoms with Crippen molar-refractivity contribution >= 4 is 29.5 Å². The summed E-state index contributed by atoms with van der Waals surface area (Å²) < 4.78 is 20.3. The Balaban J connectivity index is 2.97. The van der Waals surface area contributed by atoms with Crippen molar-refractivity contribution in [3.8, 4) is 0 Å². The van der Waals surface area contributed by atoms with Crippen LogP contribution in [0.3, 0.4) is 0 Å². The molecule has 1 unspecified atom stereocenters. The first-order valence-corrected chi connectivity index (χ1v) is 8.67. The molecule has 1 aromatic rings. The second-order valence-corrected chi connectivity index (χ2v) is 6.22. The van der Waals surface area contributed by atoms with Crippen molar-refractivity contribution in [2.75, 3.05) is 6.61 Å². The van der Waals surface area contributed by atoms with Gasteiger partial charge in [-0.3, -0.25) is 14.4 Å². The highest BCUT2D eigenvalue weighted by atomic mass is 35.5. The second-order valence-electron chi connectivity index (χ2n) is 5.82. The number of ether oxygens (including phenoxy) is 4. The molecule has 10 heteroatoms. The number of rotatable bonds is 10. The highest BCUT2D eigenvalue weighted by Crippen LogP contribution is 2.20. The minimum atomic E-state index is -1.50. The van der Waals surface area contributed by atoms with Crippen molar-refractivity contribution < 1.29 is 43.5 Å². The van der Waals surface area contributed by atoms with Gasteiger partial charge < -0.3 is 29.2 Å². The molecule has 3 atom stereocenters. The van der Waals surface area contributed by atoms with Crippen LogP contribution in [0.5, 0.6) is 0 Å². The molecule has 0 saturated heterocycles. The molecule has 9 nitrogen and oxygen atoms in total. The van der Waals surface area contributed by atoms with Crippen LogP contribution in [-0.2, 0) is 46.5 Å². The standard InChI is InChI=1S/C18H23ClO9/c1-10(21)25-9-16(24)17(27-11(2)22)18(28-12(3)23)26-8-13-4-5-15(19)14(6-13)7-20/h4-6,16-18,20,24H,7-9H2,1-3H3/t16-,17+,18?/m1/s1. The van der Waals surface area contributed by atoms with E-state index >= 15 is 0 Å². The first-order chi connectivity index (χ1) is 13.1. The molecule has 0 aliphatic heterocycles. The van der Waals surface area contributed by atoms with Gasteiger partial charge in [-0.1, -0.05) is 17.7 Å². The van der Waals surface area contributed by atoms with Crippen molar-refractivity contribution in [3.05, 3.63) is 34.3 Å². The Morgan fingerprint density at radius 3 is 2.25 bits per heavy atom. The summed E-state index contributed by atoms with van der Waals surface area (Å²) in [5.41, 5.74) is 1.06. The van der Waals surface area contributed by atoms with Crippen LogP contribution in [0.2, 0.25) is 5.02 Å². The Bertz CT molecular complexity index is 692. The summed E-state index contributed by atoms with van der Waals surface area (Å²) in [6, 6.07) is 4.78. The summed E-state index contributed by atoms with van der Waals surface area (Å²) in [6.07, 6.45) is -4.42. The first kappa shape index (κ1) is 23.8. The molecule has 0 amide bonds. The maximum absolute atomic E-state index is 11.4. The van der Waals surface area contributed by atoms with Gasteiger partial charge in [-0.15, -0.1) is 0 Å². The van der Waals surface area contributed by atoms with Crippen LogP contribution in [0, 0.1) is 0 Å². The lowest BCUT2D eigenvalue weighted by Gasteiger charge is -2.29. The Morgan fingerprint density at radius 1 is 1.07 bits per heavy atom. The predicted molar refractivity (Wildman–Crippen MR) is 95.9 cm³/mol. The zero-order chi connectivity index (χ0) is 21.3. The van der Waals surface area contributed by atoms with Gasteiger partial charge in [0.05, 0.1) is 13.2 Å². The topological polar surface area (TPSA) is 129 Å². The van der Waals surface area contributed by atoms with E-state index < -0.39 is 43.0 Å². The SMILES string of the molecule is CC(=O)OC[C@@H](O)[C@H](OC(C)=O)C(OCc1ccc(Cl)c(CO)c1)OC(C)=O. The van der Waals surface area contributed by atoms with Crippen molar-refractivity contribution in [1.82, 2.24) is 0 Å². The molecule has 0 aromatic heterocycles. The van der Waals surface area contributed by atoms with Gasteiger partial charge in [0.15, 0.2) is 6.10 Å². The van der Waals surface area contributed by atoms with Crippen molar-refractivity contribution in [3.63, 3.8) is 0 Å². The lowest BCUT2D eigenvalue weighted by Crippen LogP contribution is -2.46. The summed E-state index contributed by atoms with van der Waals surface area (Å²) in [7, 11) is 0. The van der Waals surface area contributed by atoms with Gasteiger partial charge in [-0.05, 0) is 23.3 Å². The number of esters is 3. The van der Waals surface area contributed by atoms with Crippen LogP contribution in [0.25, 0.3) is 0 Å². The number of carbonyl (C=O) groups excluding carboxylic acids is 3. The van der Waals surface area contributed by atoms with E-state index in [2.05, 4.69) is 0 Å². The first-order valence-electron chi connectivity index (χ1n) is 8.29. The predicted octanol–water partition coefficient (Wildman–Crippen LogP) is 1.09. The highest BCUT2D eigenvalue weighted by Gasteiger charge is 2.35. The van der Waals surface area contributed by atoms with Crippen molar-refractivity contribution in [2.45, 2.75) is 52.5 Å². The Kier molecular flexibility index (Phi) is 9.88. The maximum atomic E-state index is 11.4. The minimum Gasteiger partial charge on any atom is -0.463 e. The van der Waals surface area contributed by atoms with E-state index in [0.717, 1.165) is 20.8 Å². The van der Waals surface area contributed by atoms with Gasteiger partial charge >= 0.3 is 17.9 Å². The molecule has 156 valence electrons. The van der Waals surface area contributed by atoms with E-state index in [-0.39, 0.29) is 13.2 Å². The highest BCUT2D eigenvalue weighted by molar-refractivity contribution is 6.31. The summed E-state index contributed by atoms with van der Waals surface area (Å²) in [5.74, 6) is -2.15. The second kappa shape index (κ2) is 11.6. The normalized spacial score (nSPS) is 13.9. The molecule has 0 spiro atoms. The third-order valence-corrected chi connectivity index (χ3v) is 3.75. The number of hydrogen-bond acceptors (Lipinski definition) is 9. The molecular formula is C18H23ClO9. The number of aliphatic hydroxyl groups excluding tert-OH is 2. The molecule has 0 radical (unpaired) electrons. The molecule has 1 rings (SSSR count). The molecule has 0 bridgehead atoms. The summed E-state index contributed by atoms with van der Waals surface area (Å²) in [4.78, 5) is 33.8. The average molecular weight is 419 g/mol. The molecule has 0 aliphatic rings. The van der Waals surface area contributed by atoms with Crippen molar-refractivity contribution in [2.24, 2.45) is 0 Å². The lowest BCUT2D eigenvalue weighted by atomic mass is 10.1. The monoisotopic (exact) mass is 418 g/mol. The van der Waals surface area contributed by atoms with Gasteiger partial charge in [0.25, 0.3) is 0 Å². The zero-order valence-electron chi connectivity index (χ0n) is 15.7. The molecule has 0 aliphatic carbocycles. The van der Waals surface area contributed by atoms with Gasteiger partial charge in [0.2, 0.25) is 6.29 Å². The van der Waals surface area contributed by atoms with Gasteiger partial charge in [-0.2, -0.15) is 0 Å². The van der Waals surface area contributed by atoms with E-state index in [1.54, 1.807) is 18.2 Å². The van der Waals surface area contributed by atoms with Crippen LogP contribution < -0.4 is 0 Å². The summed E-state index contributed by atoms with van der Waals surface area (Å²) >= 11 is 5.94. The Labute approximate surface area is 167 Å². The quantitative estimate of drug-likeness (QED) is 0.326. The van der Waals surface area contributed by atoms with E-state index in [1.165, 1.54) is 0 Å². The maximum Gasteiger partial charge on any atom is 0.305 e. The largest absolute Gasteiger partial charge is 0.463 e. The molecule has 0 saturated carbocycles. The summed E-state index contributed by atoms with van der Waals surface area (Å²) in [6.45, 7) is 2.48. The van der Waals surface area contributed by atoms with Crippen LogP contribution in [0.15, 0.2) is 18.2 Å². The van der Waals surface area contributed by atoms with Crippen molar-refractivity contribution in [1.29, 1.82) is 0 Å².